The molecule has 61 heavy (non-hydrogen) atoms. The van der Waals surface area contributed by atoms with Gasteiger partial charge in [-0.05, 0) is 119 Å². The number of hydrogen-bond donors (Lipinski definition) is 0. The van der Waals surface area contributed by atoms with Crippen molar-refractivity contribution in [1.29, 1.82) is 0 Å². The maximum Gasteiger partial charge on any atom is 0.252 e. The number of benzene rings is 7. The minimum Gasteiger partial charge on any atom is -0.311 e. The van der Waals surface area contributed by atoms with Crippen LogP contribution >= 0.6 is 0 Å². The van der Waals surface area contributed by atoms with E-state index in [9.17, 15) is 0 Å². The summed E-state index contributed by atoms with van der Waals surface area (Å²) in [6.07, 6.45) is 0. The highest BCUT2D eigenvalue weighted by atomic mass is 15.2. The van der Waals surface area contributed by atoms with Crippen LogP contribution < -0.4 is 26.2 Å². The monoisotopic (exact) mass is 796 g/mol. The molecule has 0 amide bonds. The molecule has 0 N–H and O–H groups in total. The summed E-state index contributed by atoms with van der Waals surface area (Å²) in [5.41, 5.74) is 21.7. The molecule has 0 aromatic heterocycles. The van der Waals surface area contributed by atoms with Gasteiger partial charge in [0.15, 0.2) is 0 Å². The van der Waals surface area contributed by atoms with Crippen LogP contribution in [0.15, 0.2) is 152 Å². The molecule has 0 unspecified atom stereocenters. The first-order valence-corrected chi connectivity index (χ1v) is 22.2. The Morgan fingerprint density at radius 1 is 0.311 bits per heavy atom. The smallest absolute Gasteiger partial charge is 0.252 e. The predicted octanol–water partition coefficient (Wildman–Crippen LogP) is 14.3. The quantitative estimate of drug-likeness (QED) is 0.164. The second-order valence-corrected chi connectivity index (χ2v) is 21.5. The summed E-state index contributed by atoms with van der Waals surface area (Å²) in [5.74, 6) is 0. The number of nitrogens with zero attached hydrogens (tertiary/aromatic N) is 2. The third kappa shape index (κ3) is 6.91. The molecule has 0 saturated carbocycles. The van der Waals surface area contributed by atoms with Gasteiger partial charge in [0.25, 0.3) is 6.71 Å². The van der Waals surface area contributed by atoms with Crippen LogP contribution in [-0.4, -0.2) is 6.71 Å². The zero-order chi connectivity index (χ0) is 43.2. The van der Waals surface area contributed by atoms with Gasteiger partial charge in [-0.3, -0.25) is 0 Å². The fourth-order valence-electron chi connectivity index (χ4n) is 10.2. The number of rotatable bonds is 4. The zero-order valence-electron chi connectivity index (χ0n) is 38.4. The Labute approximate surface area is 366 Å². The molecule has 2 aliphatic rings. The van der Waals surface area contributed by atoms with Crippen molar-refractivity contribution in [3.05, 3.63) is 174 Å². The normalized spacial score (nSPS) is 13.8. The average Bonchev–Trinajstić information content (AvgIpc) is 3.22. The van der Waals surface area contributed by atoms with Crippen LogP contribution in [0.5, 0.6) is 0 Å². The third-order valence-corrected chi connectivity index (χ3v) is 13.0. The predicted molar refractivity (Wildman–Crippen MR) is 266 cm³/mol. The van der Waals surface area contributed by atoms with E-state index in [-0.39, 0.29) is 28.4 Å². The van der Waals surface area contributed by atoms with Crippen LogP contribution in [0.1, 0.15) is 105 Å². The summed E-state index contributed by atoms with van der Waals surface area (Å²) in [4.78, 5) is 5.20. The highest BCUT2D eigenvalue weighted by Crippen LogP contribution is 2.49. The molecule has 2 aliphatic heterocycles. The van der Waals surface area contributed by atoms with Crippen molar-refractivity contribution in [3.63, 3.8) is 0 Å². The highest BCUT2D eigenvalue weighted by molar-refractivity contribution is 7.00. The van der Waals surface area contributed by atoms with Gasteiger partial charge in [-0.1, -0.05) is 198 Å². The average molecular weight is 797 g/mol. The van der Waals surface area contributed by atoms with Gasteiger partial charge in [0, 0.05) is 34.1 Å². The molecule has 7 aromatic carbocycles. The molecule has 0 aliphatic carbocycles. The number of para-hydroxylation sites is 2. The Morgan fingerprint density at radius 3 is 1.02 bits per heavy atom. The second-order valence-electron chi connectivity index (χ2n) is 21.5. The molecule has 2 heterocycles. The van der Waals surface area contributed by atoms with Crippen LogP contribution in [0.3, 0.4) is 0 Å². The zero-order valence-corrected chi connectivity index (χ0v) is 38.4. The van der Waals surface area contributed by atoms with E-state index in [1.165, 1.54) is 95.0 Å². The maximum atomic E-state index is 2.60. The van der Waals surface area contributed by atoms with Gasteiger partial charge in [-0.25, -0.2) is 0 Å². The SMILES string of the molecule is CC(C)(C)c1ccccc1-c1ccc2c(c1)N(c1ccccc1C(C)(C)C)c1cccc3c1B2c1ccc(-c2ccccc2C(C)(C)C)cc1N3c1ccccc1C(C)(C)C. The molecule has 7 aromatic rings. The Bertz CT molecular complexity index is 2630. The molecule has 2 nitrogen and oxygen atoms in total. The molecule has 0 spiro atoms. The van der Waals surface area contributed by atoms with E-state index in [0.29, 0.717) is 0 Å². The second kappa shape index (κ2) is 14.4. The first-order valence-electron chi connectivity index (χ1n) is 22.2. The summed E-state index contributed by atoms with van der Waals surface area (Å²) < 4.78 is 0. The van der Waals surface area contributed by atoms with Crippen LogP contribution in [0.25, 0.3) is 22.3 Å². The fraction of sp³-hybridized carbons (Fsp3) is 0.276. The highest BCUT2D eigenvalue weighted by Gasteiger charge is 2.44. The van der Waals surface area contributed by atoms with Gasteiger partial charge in [0.05, 0.1) is 0 Å². The summed E-state index contributed by atoms with van der Waals surface area (Å²) >= 11 is 0. The molecule has 0 radical (unpaired) electrons. The molecule has 3 heteroatoms. The summed E-state index contributed by atoms with van der Waals surface area (Å²) in [6, 6.07) is 57.8. The van der Waals surface area contributed by atoms with Crippen molar-refractivity contribution in [3.8, 4) is 22.3 Å². The standard InChI is InChI=1S/C58H61BN2/c1-55(2,3)42-24-15-13-22-40(42)38-32-34-46-52(36-38)60(48-28-19-17-26-44(48)57(7,8)9)50-30-21-31-51-54(50)59(46)47-35-33-39(41-23-14-16-25-43(41)56(4,5)6)37-53(47)61(51)49-29-20-18-27-45(49)58(10,11)12/h13-37H,1-12H3. The van der Waals surface area contributed by atoms with Crippen molar-refractivity contribution in [2.75, 3.05) is 9.80 Å². The molecule has 0 fully saturated rings. The fourth-order valence-corrected chi connectivity index (χ4v) is 10.2. The lowest BCUT2D eigenvalue weighted by atomic mass is 9.33. The van der Waals surface area contributed by atoms with Crippen molar-refractivity contribution in [2.45, 2.75) is 105 Å². The topological polar surface area (TPSA) is 6.48 Å². The summed E-state index contributed by atoms with van der Waals surface area (Å²) in [5, 5.41) is 0. The maximum absolute atomic E-state index is 2.60. The Balaban J connectivity index is 1.39. The lowest BCUT2D eigenvalue weighted by molar-refractivity contribution is 0.591. The number of anilines is 6. The van der Waals surface area contributed by atoms with Gasteiger partial charge < -0.3 is 9.80 Å². The van der Waals surface area contributed by atoms with Crippen molar-refractivity contribution >= 4 is 57.2 Å². The van der Waals surface area contributed by atoms with E-state index >= 15 is 0 Å². The number of hydrogen-bond acceptors (Lipinski definition) is 2. The lowest BCUT2D eigenvalue weighted by Gasteiger charge is -2.46. The molecular weight excluding hydrogens is 735 g/mol. The number of fused-ring (bicyclic) bond motifs is 4. The largest absolute Gasteiger partial charge is 0.311 e. The first kappa shape index (κ1) is 40.6. The Kier molecular flexibility index (Phi) is 9.59. The van der Waals surface area contributed by atoms with E-state index in [2.05, 4.69) is 245 Å². The summed E-state index contributed by atoms with van der Waals surface area (Å²) in [7, 11) is 0. The van der Waals surface area contributed by atoms with Crippen LogP contribution in [0, 0.1) is 0 Å². The van der Waals surface area contributed by atoms with E-state index in [1.807, 2.05) is 0 Å². The van der Waals surface area contributed by atoms with E-state index in [1.54, 1.807) is 0 Å². The van der Waals surface area contributed by atoms with Gasteiger partial charge in [-0.15, -0.1) is 0 Å². The molecular formula is C58H61BN2. The van der Waals surface area contributed by atoms with E-state index in [0.717, 1.165) is 0 Å². The molecule has 0 atom stereocenters. The van der Waals surface area contributed by atoms with Gasteiger partial charge in [-0.2, -0.15) is 0 Å². The molecule has 0 saturated heterocycles. The van der Waals surface area contributed by atoms with Crippen LogP contribution in [0.2, 0.25) is 0 Å². The molecule has 306 valence electrons. The minimum atomic E-state index is -0.0804. The molecule has 0 bridgehead atoms. The Morgan fingerprint density at radius 2 is 0.639 bits per heavy atom. The van der Waals surface area contributed by atoms with E-state index < -0.39 is 0 Å². The Hall–Kier alpha value is -5.80. The van der Waals surface area contributed by atoms with Crippen molar-refractivity contribution < 1.29 is 0 Å². The minimum absolute atomic E-state index is 0.00898. The molecule has 9 rings (SSSR count). The first-order chi connectivity index (χ1) is 28.8. The van der Waals surface area contributed by atoms with Crippen LogP contribution in [0.4, 0.5) is 34.1 Å². The van der Waals surface area contributed by atoms with Gasteiger partial charge in [0.1, 0.15) is 0 Å². The van der Waals surface area contributed by atoms with Crippen LogP contribution in [-0.2, 0) is 21.7 Å². The van der Waals surface area contributed by atoms with Crippen molar-refractivity contribution in [1.82, 2.24) is 0 Å². The van der Waals surface area contributed by atoms with Crippen molar-refractivity contribution in [2.24, 2.45) is 0 Å². The third-order valence-electron chi connectivity index (χ3n) is 13.0. The van der Waals surface area contributed by atoms with E-state index in [4.69, 9.17) is 0 Å². The summed E-state index contributed by atoms with van der Waals surface area (Å²) in [6.45, 7) is 28.0. The van der Waals surface area contributed by atoms with Gasteiger partial charge >= 0.3 is 0 Å². The van der Waals surface area contributed by atoms with Gasteiger partial charge in [0.2, 0.25) is 0 Å². The lowest BCUT2D eigenvalue weighted by Crippen LogP contribution is -2.61.